The number of rotatable bonds is 7. The molecule has 5 aromatic rings. The zero-order chi connectivity index (χ0) is 48.3. The zero-order valence-corrected chi connectivity index (χ0v) is 29.6. The standard InChI is InChI=1S/C24BF20.C10H7F6OS/c26-5-1(6(27)14(35)21(42)13(5)34)25(2-7(28)15(36)22(43)16(37)8(2)29,3-9(30)17(38)23(44)18(39)10(3)31)4-11(32)19(40)24(45)20(41)12(4)33;11-9(12,13)18(10(14,15)16)6-8(17)7-4-2-1-3-5-7/h;1-5H,6H2/q-1;+1. The third-order valence-corrected chi connectivity index (χ3v) is 10.3. The summed E-state index contributed by atoms with van der Waals surface area (Å²) < 4.78 is 367. The molecule has 0 saturated carbocycles. The lowest BCUT2D eigenvalue weighted by atomic mass is 9.12. The smallest absolute Gasteiger partial charge is 0.289 e. The highest BCUT2D eigenvalue weighted by atomic mass is 32.2. The van der Waals surface area contributed by atoms with Crippen molar-refractivity contribution >= 4 is 44.7 Å². The molecule has 63 heavy (non-hydrogen) atoms. The molecule has 0 spiro atoms. The third kappa shape index (κ3) is 8.22. The van der Waals surface area contributed by atoms with Crippen LogP contribution in [0.4, 0.5) is 114 Å². The molecule has 29 heteroatoms. The third-order valence-electron chi connectivity index (χ3n) is 8.64. The summed E-state index contributed by atoms with van der Waals surface area (Å²) in [6.07, 6.45) is -7.22. The maximum absolute atomic E-state index is 15.4. The van der Waals surface area contributed by atoms with Gasteiger partial charge in [-0.1, -0.05) is 30.3 Å². The van der Waals surface area contributed by atoms with Gasteiger partial charge < -0.3 is 0 Å². The number of benzene rings is 5. The number of alkyl halides is 6. The van der Waals surface area contributed by atoms with Gasteiger partial charge in [0.2, 0.25) is 16.7 Å². The van der Waals surface area contributed by atoms with Gasteiger partial charge in [0.1, 0.15) is 52.7 Å². The average Bonchev–Trinajstić information content (AvgIpc) is 3.22. The van der Waals surface area contributed by atoms with E-state index in [1.165, 1.54) is 30.3 Å². The van der Waals surface area contributed by atoms with Crippen LogP contribution in [0.25, 0.3) is 0 Å². The summed E-state index contributed by atoms with van der Waals surface area (Å²) in [5.74, 6) is -74.2. The Kier molecular flexibility index (Phi) is 13.9. The summed E-state index contributed by atoms with van der Waals surface area (Å²) in [5.41, 5.74) is -25.4. The van der Waals surface area contributed by atoms with Crippen LogP contribution in [0.1, 0.15) is 10.4 Å². The van der Waals surface area contributed by atoms with E-state index < -0.39 is 178 Å². The highest BCUT2D eigenvalue weighted by Crippen LogP contribution is 2.39. The number of hydrogen-bond acceptors (Lipinski definition) is 1. The molecule has 0 unspecified atom stereocenters. The van der Waals surface area contributed by atoms with Gasteiger partial charge in [-0.3, -0.25) is 4.79 Å². The second kappa shape index (κ2) is 17.5. The fourth-order valence-corrected chi connectivity index (χ4v) is 7.03. The predicted molar refractivity (Wildman–Crippen MR) is 164 cm³/mol. The van der Waals surface area contributed by atoms with Crippen molar-refractivity contribution in [3.05, 3.63) is 152 Å². The Bertz CT molecular complexity index is 2250. The van der Waals surface area contributed by atoms with E-state index in [9.17, 15) is 83.8 Å². The van der Waals surface area contributed by atoms with Crippen LogP contribution in [0.5, 0.6) is 0 Å². The van der Waals surface area contributed by atoms with Gasteiger partial charge in [-0.05, 0) is 0 Å². The Morgan fingerprint density at radius 1 is 0.349 bits per heavy atom. The average molecular weight is 968 g/mol. The predicted octanol–water partition coefficient (Wildman–Crippen LogP) is 9.37. The molecule has 0 aromatic heterocycles. The maximum atomic E-state index is 15.4. The van der Waals surface area contributed by atoms with Crippen LogP contribution in [-0.2, 0) is 10.9 Å². The van der Waals surface area contributed by atoms with E-state index in [2.05, 4.69) is 0 Å². The molecule has 5 rings (SSSR count). The Labute approximate surface area is 332 Å². The van der Waals surface area contributed by atoms with Gasteiger partial charge in [0.15, 0.2) is 75.6 Å². The summed E-state index contributed by atoms with van der Waals surface area (Å²) in [6.45, 7) is 0. The van der Waals surface area contributed by atoms with E-state index in [1.54, 1.807) is 0 Å². The molecule has 0 fully saturated rings. The number of carbonyl (C=O) groups excluding carboxylic acids is 1. The van der Waals surface area contributed by atoms with Crippen molar-refractivity contribution in [1.29, 1.82) is 0 Å². The largest absolute Gasteiger partial charge is 0.584 e. The highest BCUT2D eigenvalue weighted by Gasteiger charge is 2.69. The summed E-state index contributed by atoms with van der Waals surface area (Å²) in [4.78, 5) is 11.4. The Morgan fingerprint density at radius 3 is 0.730 bits per heavy atom. The molecule has 5 aromatic carbocycles. The highest BCUT2D eigenvalue weighted by molar-refractivity contribution is 7.99. The van der Waals surface area contributed by atoms with Crippen molar-refractivity contribution < 1.29 is 119 Å². The minimum atomic E-state index is -7.22. The summed E-state index contributed by atoms with van der Waals surface area (Å²) in [6, 6.07) is 6.59. The molecule has 0 aliphatic rings. The molecule has 0 heterocycles. The molecular formula is C34H7BF26OS. The minimum Gasteiger partial charge on any atom is -0.289 e. The lowest BCUT2D eigenvalue weighted by Crippen LogP contribution is -2.81. The molecule has 0 aliphatic carbocycles. The first-order valence-electron chi connectivity index (χ1n) is 15.5. The topological polar surface area (TPSA) is 17.1 Å². The Balaban J connectivity index is 0.000000405. The van der Waals surface area contributed by atoms with Gasteiger partial charge in [-0.15, -0.1) is 48.2 Å². The number of ketones is 1. The lowest BCUT2D eigenvalue weighted by molar-refractivity contribution is -0.0771. The van der Waals surface area contributed by atoms with E-state index in [1.807, 2.05) is 0 Å². The fourth-order valence-electron chi connectivity index (χ4n) is 6.01. The number of hydrogen-bond donors (Lipinski definition) is 0. The zero-order valence-electron chi connectivity index (χ0n) is 28.8. The molecule has 0 atom stereocenters. The first-order chi connectivity index (χ1) is 28.8. The summed E-state index contributed by atoms with van der Waals surface area (Å²) >= 11 is 0. The van der Waals surface area contributed by atoms with Crippen LogP contribution >= 0.6 is 0 Å². The van der Waals surface area contributed by atoms with Gasteiger partial charge in [-0.25, -0.2) is 87.8 Å². The molecule has 0 saturated heterocycles. The van der Waals surface area contributed by atoms with E-state index in [-0.39, 0.29) is 5.56 Å². The number of carbonyl (C=O) groups is 1. The quantitative estimate of drug-likeness (QED) is 0.0397. The van der Waals surface area contributed by atoms with Crippen LogP contribution in [0.3, 0.4) is 0 Å². The van der Waals surface area contributed by atoms with Gasteiger partial charge in [-0.2, -0.15) is 0 Å². The summed E-state index contributed by atoms with van der Waals surface area (Å²) in [7, 11) is -3.94. The normalized spacial score (nSPS) is 12.2. The molecular weight excluding hydrogens is 961 g/mol. The molecule has 0 aliphatic heterocycles. The van der Waals surface area contributed by atoms with Gasteiger partial charge in [0.25, 0.3) is 0 Å². The lowest BCUT2D eigenvalue weighted by Gasteiger charge is -2.44. The fraction of sp³-hybridized carbons (Fsp3) is 0.0882. The van der Waals surface area contributed by atoms with Crippen molar-refractivity contribution in [2.75, 3.05) is 5.75 Å². The molecule has 0 amide bonds. The van der Waals surface area contributed by atoms with E-state index >= 15 is 35.1 Å². The Morgan fingerprint density at radius 2 is 0.540 bits per heavy atom. The SMILES string of the molecule is Fc1c(F)c(F)c([B-](c2c(F)c(F)c(F)c(F)c2F)(c2c(F)c(F)c(F)c(F)c2F)c2c(F)c(F)c(F)c(F)c2F)c(F)c1F.O=C(C[S+](C(F)(F)F)C(F)(F)F)c1ccccc1. The second-order valence-electron chi connectivity index (χ2n) is 12.0. The van der Waals surface area contributed by atoms with Crippen molar-refractivity contribution in [3.8, 4) is 0 Å². The van der Waals surface area contributed by atoms with Gasteiger partial charge >= 0.3 is 11.0 Å². The molecule has 0 radical (unpaired) electrons. The van der Waals surface area contributed by atoms with Crippen LogP contribution < -0.4 is 21.9 Å². The number of Topliss-reactive ketones (excluding diaryl/α,β-unsaturated/α-hetero) is 1. The molecule has 0 bridgehead atoms. The van der Waals surface area contributed by atoms with Gasteiger partial charge in [0.05, 0.1) is 0 Å². The van der Waals surface area contributed by atoms with Crippen LogP contribution in [0.2, 0.25) is 0 Å². The molecule has 0 N–H and O–H groups in total. The van der Waals surface area contributed by atoms with Crippen LogP contribution in [0.15, 0.2) is 30.3 Å². The number of halogens is 26. The second-order valence-corrected chi connectivity index (χ2v) is 14.0. The van der Waals surface area contributed by atoms with Crippen LogP contribution in [-0.4, -0.2) is 28.7 Å². The first-order valence-corrected chi connectivity index (χ1v) is 16.9. The Hall–Kier alpha value is -5.64. The van der Waals surface area contributed by atoms with Crippen molar-refractivity contribution in [2.24, 2.45) is 0 Å². The minimum absolute atomic E-state index is 0.163. The maximum Gasteiger partial charge on any atom is 0.584 e. The van der Waals surface area contributed by atoms with E-state index in [0.29, 0.717) is 0 Å². The van der Waals surface area contributed by atoms with Crippen molar-refractivity contribution in [2.45, 2.75) is 11.0 Å². The van der Waals surface area contributed by atoms with Crippen molar-refractivity contribution in [1.82, 2.24) is 0 Å². The monoisotopic (exact) mass is 968 g/mol. The van der Waals surface area contributed by atoms with Crippen LogP contribution in [0, 0.1) is 116 Å². The summed E-state index contributed by atoms with van der Waals surface area (Å²) in [5, 5.41) is 0. The molecule has 340 valence electrons. The van der Waals surface area contributed by atoms with E-state index in [4.69, 9.17) is 0 Å². The van der Waals surface area contributed by atoms with E-state index in [0.717, 1.165) is 0 Å². The molecule has 1 nitrogen and oxygen atoms in total. The van der Waals surface area contributed by atoms with Crippen molar-refractivity contribution in [3.63, 3.8) is 0 Å². The first kappa shape index (κ1) is 50.0. The van der Waals surface area contributed by atoms with Gasteiger partial charge in [0, 0.05) is 5.56 Å².